The Balaban J connectivity index is 1.97. The summed E-state index contributed by atoms with van der Waals surface area (Å²) in [6.45, 7) is 1.79. The molecule has 0 aromatic heterocycles. The average Bonchev–Trinajstić information content (AvgIpc) is 2.81. The number of carbonyl (C=O) groups excluding carboxylic acids is 4. The van der Waals surface area contributed by atoms with Crippen LogP contribution >= 0.6 is 0 Å². The van der Waals surface area contributed by atoms with Crippen LogP contribution in [0.3, 0.4) is 0 Å². The van der Waals surface area contributed by atoms with E-state index in [2.05, 4.69) is 9.47 Å². The van der Waals surface area contributed by atoms with Gasteiger partial charge in [0.25, 0.3) is 0 Å². The lowest BCUT2D eigenvalue weighted by atomic mass is 9.70. The van der Waals surface area contributed by atoms with E-state index < -0.39 is 35.7 Å². The number of carbonyl (C=O) groups is 4. The van der Waals surface area contributed by atoms with E-state index in [-0.39, 0.29) is 12.3 Å². The molecule has 0 N–H and O–H groups in total. The fourth-order valence-corrected chi connectivity index (χ4v) is 3.25. The van der Waals surface area contributed by atoms with Gasteiger partial charge in [-0.25, -0.2) is 4.79 Å². The highest BCUT2D eigenvalue weighted by molar-refractivity contribution is 6.06. The summed E-state index contributed by atoms with van der Waals surface area (Å²) in [6.07, 6.45) is 0.946. The van der Waals surface area contributed by atoms with E-state index in [0.29, 0.717) is 18.4 Å². The van der Waals surface area contributed by atoms with Crippen molar-refractivity contribution in [2.75, 3.05) is 0 Å². The molecule has 2 saturated heterocycles. The Hall–Kier alpha value is -1.98. The molecule has 0 aromatic carbocycles. The van der Waals surface area contributed by atoms with E-state index in [1.807, 2.05) is 0 Å². The first-order valence-electron chi connectivity index (χ1n) is 6.21. The summed E-state index contributed by atoms with van der Waals surface area (Å²) in [5.41, 5.74) is 1.10. The molecular formula is C13H12O6. The second kappa shape index (κ2) is 4.01. The van der Waals surface area contributed by atoms with Gasteiger partial charge in [-0.15, -0.1) is 0 Å². The molecule has 0 spiro atoms. The summed E-state index contributed by atoms with van der Waals surface area (Å²) >= 11 is 0. The monoisotopic (exact) mass is 264 g/mol. The highest BCUT2D eigenvalue weighted by atomic mass is 16.6. The summed E-state index contributed by atoms with van der Waals surface area (Å²) in [6, 6.07) is 0. The van der Waals surface area contributed by atoms with Gasteiger partial charge in [-0.2, -0.15) is 0 Å². The molecule has 0 aromatic rings. The van der Waals surface area contributed by atoms with Gasteiger partial charge in [0, 0.05) is 5.57 Å². The third-order valence-corrected chi connectivity index (χ3v) is 4.18. The van der Waals surface area contributed by atoms with E-state index >= 15 is 0 Å². The summed E-state index contributed by atoms with van der Waals surface area (Å²) in [5, 5.41) is 0. The molecule has 1 aliphatic carbocycles. The van der Waals surface area contributed by atoms with Crippen LogP contribution in [0.15, 0.2) is 11.1 Å². The smallest absolute Gasteiger partial charge is 0.342 e. The van der Waals surface area contributed by atoms with E-state index in [9.17, 15) is 19.2 Å². The SMILES string of the molecule is CC1/C(=C2/CC(=O)OC2=O)CCC2C(=O)OC(=O)C21. The minimum atomic E-state index is -0.622. The quantitative estimate of drug-likeness (QED) is 0.360. The van der Waals surface area contributed by atoms with Crippen LogP contribution < -0.4 is 0 Å². The zero-order valence-corrected chi connectivity index (χ0v) is 10.3. The van der Waals surface area contributed by atoms with Gasteiger partial charge < -0.3 is 9.47 Å². The van der Waals surface area contributed by atoms with Gasteiger partial charge >= 0.3 is 23.9 Å². The van der Waals surface area contributed by atoms with Crippen molar-refractivity contribution in [1.29, 1.82) is 0 Å². The molecule has 19 heavy (non-hydrogen) atoms. The van der Waals surface area contributed by atoms with Crippen molar-refractivity contribution in [3.63, 3.8) is 0 Å². The molecule has 3 fully saturated rings. The van der Waals surface area contributed by atoms with Crippen LogP contribution in [-0.4, -0.2) is 23.9 Å². The lowest BCUT2D eigenvalue weighted by Crippen LogP contribution is -2.31. The fourth-order valence-electron chi connectivity index (χ4n) is 3.25. The van der Waals surface area contributed by atoms with Crippen LogP contribution in [0.4, 0.5) is 0 Å². The maximum absolute atomic E-state index is 11.7. The molecule has 100 valence electrons. The number of fused-ring (bicyclic) bond motifs is 1. The number of cyclic esters (lactones) is 4. The first-order valence-corrected chi connectivity index (χ1v) is 6.21. The average molecular weight is 264 g/mol. The van der Waals surface area contributed by atoms with Gasteiger partial charge in [0.15, 0.2) is 0 Å². The molecule has 3 aliphatic rings. The van der Waals surface area contributed by atoms with Crippen LogP contribution in [0.25, 0.3) is 0 Å². The second-order valence-electron chi connectivity index (χ2n) is 5.14. The van der Waals surface area contributed by atoms with Crippen molar-refractivity contribution in [3.8, 4) is 0 Å². The van der Waals surface area contributed by atoms with Crippen molar-refractivity contribution >= 4 is 23.9 Å². The van der Waals surface area contributed by atoms with Crippen LogP contribution in [0.5, 0.6) is 0 Å². The van der Waals surface area contributed by atoms with Gasteiger partial charge in [-0.3, -0.25) is 14.4 Å². The van der Waals surface area contributed by atoms with Crippen molar-refractivity contribution in [2.45, 2.75) is 26.2 Å². The third kappa shape index (κ3) is 1.70. The molecule has 3 atom stereocenters. The highest BCUT2D eigenvalue weighted by Gasteiger charge is 2.51. The number of esters is 4. The van der Waals surface area contributed by atoms with E-state index in [1.165, 1.54) is 0 Å². The predicted molar refractivity (Wildman–Crippen MR) is 59.2 cm³/mol. The maximum Gasteiger partial charge on any atom is 0.342 e. The van der Waals surface area contributed by atoms with Crippen LogP contribution in [-0.2, 0) is 28.7 Å². The lowest BCUT2D eigenvalue weighted by Gasteiger charge is -2.30. The molecule has 6 nitrogen and oxygen atoms in total. The third-order valence-electron chi connectivity index (χ3n) is 4.18. The topological polar surface area (TPSA) is 86.7 Å². The van der Waals surface area contributed by atoms with Crippen LogP contribution in [0.2, 0.25) is 0 Å². The Morgan fingerprint density at radius 3 is 2.42 bits per heavy atom. The minimum absolute atomic E-state index is 0.0428. The van der Waals surface area contributed by atoms with Crippen molar-refractivity contribution < 1.29 is 28.7 Å². The first kappa shape index (κ1) is 12.1. The Morgan fingerprint density at radius 1 is 1.05 bits per heavy atom. The zero-order valence-electron chi connectivity index (χ0n) is 10.3. The summed E-state index contributed by atoms with van der Waals surface area (Å²) in [5.74, 6) is -3.41. The number of ether oxygens (including phenoxy) is 2. The molecule has 2 heterocycles. The molecule has 1 saturated carbocycles. The Bertz CT molecular complexity index is 543. The zero-order chi connectivity index (χ0) is 13.7. The molecule has 0 bridgehead atoms. The van der Waals surface area contributed by atoms with Crippen LogP contribution in [0, 0.1) is 17.8 Å². The normalized spacial score (nSPS) is 38.3. The lowest BCUT2D eigenvalue weighted by molar-refractivity contribution is -0.154. The number of allylic oxidation sites excluding steroid dienone is 1. The summed E-state index contributed by atoms with van der Waals surface area (Å²) < 4.78 is 9.17. The maximum atomic E-state index is 11.7. The van der Waals surface area contributed by atoms with E-state index in [4.69, 9.17) is 0 Å². The van der Waals surface area contributed by atoms with Crippen molar-refractivity contribution in [3.05, 3.63) is 11.1 Å². The summed E-state index contributed by atoms with van der Waals surface area (Å²) in [7, 11) is 0. The molecule has 2 aliphatic heterocycles. The Morgan fingerprint density at radius 2 is 1.79 bits per heavy atom. The van der Waals surface area contributed by atoms with Crippen molar-refractivity contribution in [1.82, 2.24) is 0 Å². The Labute approximate surface area is 108 Å². The standard InChI is InChI=1S/C13H12O6/c1-5-6(8-4-9(14)18-12(8)16)2-3-7-10(5)13(17)19-11(7)15/h5,7,10H,2-4H2,1H3/b8-6-. The molecule has 0 amide bonds. The molecule has 3 rings (SSSR count). The van der Waals surface area contributed by atoms with Gasteiger partial charge in [0.2, 0.25) is 0 Å². The summed E-state index contributed by atoms with van der Waals surface area (Å²) in [4.78, 5) is 45.9. The minimum Gasteiger partial charge on any atom is -0.393 e. The molecular weight excluding hydrogens is 252 g/mol. The first-order chi connectivity index (χ1) is 8.99. The second-order valence-corrected chi connectivity index (χ2v) is 5.14. The van der Waals surface area contributed by atoms with Gasteiger partial charge in [0.05, 0.1) is 18.3 Å². The largest absolute Gasteiger partial charge is 0.393 e. The van der Waals surface area contributed by atoms with E-state index in [1.54, 1.807) is 6.92 Å². The Kier molecular flexibility index (Phi) is 2.55. The van der Waals surface area contributed by atoms with Gasteiger partial charge in [-0.05, 0) is 18.8 Å². The van der Waals surface area contributed by atoms with Gasteiger partial charge in [0.1, 0.15) is 0 Å². The predicted octanol–water partition coefficient (Wildman–Crippen LogP) is 0.502. The van der Waals surface area contributed by atoms with E-state index in [0.717, 1.165) is 5.57 Å². The number of hydrogen-bond acceptors (Lipinski definition) is 6. The number of hydrogen-bond donors (Lipinski definition) is 0. The molecule has 6 heteroatoms. The highest BCUT2D eigenvalue weighted by Crippen LogP contribution is 2.45. The van der Waals surface area contributed by atoms with Crippen LogP contribution in [0.1, 0.15) is 26.2 Å². The van der Waals surface area contributed by atoms with Crippen molar-refractivity contribution in [2.24, 2.45) is 17.8 Å². The molecule has 3 unspecified atom stereocenters. The van der Waals surface area contributed by atoms with Gasteiger partial charge in [-0.1, -0.05) is 12.5 Å². The molecule has 0 radical (unpaired) electrons. The number of rotatable bonds is 0. The fraction of sp³-hybridized carbons (Fsp3) is 0.538.